The predicted molar refractivity (Wildman–Crippen MR) is 81.0 cm³/mol. The van der Waals surface area contributed by atoms with Crippen LogP contribution in [0, 0.1) is 0 Å². The van der Waals surface area contributed by atoms with Crippen LogP contribution in [-0.4, -0.2) is 9.97 Å². The van der Waals surface area contributed by atoms with Crippen molar-refractivity contribution in [1.29, 1.82) is 0 Å². The van der Waals surface area contributed by atoms with Crippen molar-refractivity contribution in [2.45, 2.75) is 6.54 Å². The quantitative estimate of drug-likeness (QED) is 0.743. The van der Waals surface area contributed by atoms with E-state index in [-0.39, 0.29) is 0 Å². The van der Waals surface area contributed by atoms with Crippen LogP contribution in [0.15, 0.2) is 59.5 Å². The first kappa shape index (κ1) is 12.1. The molecule has 1 aromatic carbocycles. The minimum Gasteiger partial charge on any atom is -0.379 e. The van der Waals surface area contributed by atoms with Crippen LogP contribution in [0.5, 0.6) is 0 Å². The fourth-order valence-electron chi connectivity index (χ4n) is 1.95. The van der Waals surface area contributed by atoms with Gasteiger partial charge in [-0.15, -0.1) is 0 Å². The summed E-state index contributed by atoms with van der Waals surface area (Å²) in [7, 11) is 0. The number of pyridine rings is 2. The minimum atomic E-state index is 0.759. The van der Waals surface area contributed by atoms with Crippen molar-refractivity contribution in [3.05, 3.63) is 65.0 Å². The summed E-state index contributed by atoms with van der Waals surface area (Å²) < 4.78 is 0.831. The third-order valence-electron chi connectivity index (χ3n) is 2.91. The summed E-state index contributed by atoms with van der Waals surface area (Å²) in [6.45, 7) is 0.759. The van der Waals surface area contributed by atoms with E-state index in [2.05, 4.69) is 49.4 Å². The number of hydrogen-bond donors (Lipinski definition) is 1. The highest BCUT2D eigenvalue weighted by molar-refractivity contribution is 9.10. The van der Waals surface area contributed by atoms with Gasteiger partial charge in [-0.05, 0) is 51.8 Å². The van der Waals surface area contributed by atoms with Crippen molar-refractivity contribution in [3.63, 3.8) is 0 Å². The Morgan fingerprint density at radius 2 is 1.84 bits per heavy atom. The van der Waals surface area contributed by atoms with E-state index in [9.17, 15) is 0 Å². The Morgan fingerprint density at radius 3 is 2.74 bits per heavy atom. The maximum absolute atomic E-state index is 4.32. The summed E-state index contributed by atoms with van der Waals surface area (Å²) in [5, 5.41) is 4.52. The van der Waals surface area contributed by atoms with Crippen LogP contribution in [0.1, 0.15) is 5.56 Å². The molecule has 19 heavy (non-hydrogen) atoms. The lowest BCUT2D eigenvalue weighted by atomic mass is 10.1. The lowest BCUT2D eigenvalue weighted by Crippen LogP contribution is -2.00. The molecule has 3 rings (SSSR count). The molecule has 0 aliphatic heterocycles. The van der Waals surface area contributed by atoms with Crippen molar-refractivity contribution in [1.82, 2.24) is 9.97 Å². The number of nitrogens with zero attached hydrogens (tertiary/aromatic N) is 2. The highest BCUT2D eigenvalue weighted by atomic mass is 79.9. The van der Waals surface area contributed by atoms with Crippen LogP contribution >= 0.6 is 15.9 Å². The molecule has 0 radical (unpaired) electrons. The fourth-order valence-corrected chi connectivity index (χ4v) is 2.34. The molecule has 94 valence electrons. The van der Waals surface area contributed by atoms with Crippen LogP contribution in [-0.2, 0) is 6.54 Å². The van der Waals surface area contributed by atoms with Gasteiger partial charge < -0.3 is 5.32 Å². The van der Waals surface area contributed by atoms with Crippen molar-refractivity contribution >= 4 is 32.5 Å². The molecule has 2 heterocycles. The van der Waals surface area contributed by atoms with Gasteiger partial charge in [0.1, 0.15) is 4.60 Å². The monoisotopic (exact) mass is 313 g/mol. The van der Waals surface area contributed by atoms with Crippen LogP contribution in [0.4, 0.5) is 5.69 Å². The third-order valence-corrected chi connectivity index (χ3v) is 3.54. The molecule has 0 amide bonds. The largest absolute Gasteiger partial charge is 0.379 e. The number of fused-ring (bicyclic) bond motifs is 1. The van der Waals surface area contributed by atoms with Gasteiger partial charge in [0.05, 0.1) is 11.2 Å². The van der Waals surface area contributed by atoms with Crippen LogP contribution < -0.4 is 5.32 Å². The summed E-state index contributed by atoms with van der Waals surface area (Å²) in [6.07, 6.45) is 3.57. The van der Waals surface area contributed by atoms with E-state index in [4.69, 9.17) is 0 Å². The second-order valence-electron chi connectivity index (χ2n) is 4.23. The summed E-state index contributed by atoms with van der Waals surface area (Å²) in [6, 6.07) is 14.2. The van der Waals surface area contributed by atoms with E-state index in [0.29, 0.717) is 0 Å². The van der Waals surface area contributed by atoms with Gasteiger partial charge >= 0.3 is 0 Å². The topological polar surface area (TPSA) is 37.8 Å². The Morgan fingerprint density at radius 1 is 1.00 bits per heavy atom. The number of halogens is 1. The minimum absolute atomic E-state index is 0.759. The number of nitrogens with one attached hydrogen (secondary N) is 1. The molecular weight excluding hydrogens is 302 g/mol. The normalized spacial score (nSPS) is 10.6. The summed E-state index contributed by atoms with van der Waals surface area (Å²) in [4.78, 5) is 8.50. The average Bonchev–Trinajstić information content (AvgIpc) is 2.46. The Bertz CT molecular complexity index is 712. The van der Waals surface area contributed by atoms with Crippen LogP contribution in [0.25, 0.3) is 10.9 Å². The zero-order valence-corrected chi connectivity index (χ0v) is 11.8. The molecule has 3 nitrogen and oxygen atoms in total. The van der Waals surface area contributed by atoms with Crippen molar-refractivity contribution in [2.75, 3.05) is 5.32 Å². The first-order valence-electron chi connectivity index (χ1n) is 6.01. The maximum Gasteiger partial charge on any atom is 0.129 e. The van der Waals surface area contributed by atoms with E-state index in [1.165, 1.54) is 5.56 Å². The molecule has 4 heteroatoms. The Balaban J connectivity index is 1.80. The van der Waals surface area contributed by atoms with E-state index in [1.807, 2.05) is 30.5 Å². The number of hydrogen-bond acceptors (Lipinski definition) is 3. The van der Waals surface area contributed by atoms with Gasteiger partial charge in [0.2, 0.25) is 0 Å². The summed E-state index contributed by atoms with van der Waals surface area (Å²) >= 11 is 3.43. The lowest BCUT2D eigenvalue weighted by molar-refractivity contribution is 1.13. The average molecular weight is 314 g/mol. The fraction of sp³-hybridized carbons (Fsp3) is 0.0667. The van der Waals surface area contributed by atoms with E-state index >= 15 is 0 Å². The van der Waals surface area contributed by atoms with E-state index < -0.39 is 0 Å². The van der Waals surface area contributed by atoms with Gasteiger partial charge in [0, 0.05) is 24.3 Å². The second-order valence-corrected chi connectivity index (χ2v) is 4.98. The first-order chi connectivity index (χ1) is 9.33. The molecule has 0 saturated heterocycles. The summed E-state index contributed by atoms with van der Waals surface area (Å²) in [5.74, 6) is 0. The molecule has 0 spiro atoms. The van der Waals surface area contributed by atoms with Gasteiger partial charge in [-0.3, -0.25) is 4.98 Å². The Hall–Kier alpha value is -1.94. The van der Waals surface area contributed by atoms with Crippen LogP contribution in [0.3, 0.4) is 0 Å². The molecule has 0 fully saturated rings. The molecule has 0 aliphatic carbocycles. The molecule has 0 aliphatic rings. The zero-order chi connectivity index (χ0) is 13.1. The smallest absolute Gasteiger partial charge is 0.129 e. The van der Waals surface area contributed by atoms with Gasteiger partial charge in [-0.25, -0.2) is 4.98 Å². The zero-order valence-electron chi connectivity index (χ0n) is 10.2. The third kappa shape index (κ3) is 2.74. The Labute approximate surface area is 119 Å². The maximum atomic E-state index is 4.32. The molecule has 0 unspecified atom stereocenters. The molecule has 0 atom stereocenters. The van der Waals surface area contributed by atoms with Gasteiger partial charge in [-0.2, -0.15) is 0 Å². The van der Waals surface area contributed by atoms with Gasteiger partial charge in [-0.1, -0.05) is 12.1 Å². The molecule has 0 bridgehead atoms. The SMILES string of the molecule is Brc1ncccc1NCc1ccc2ncccc2c1. The van der Waals surface area contributed by atoms with Crippen molar-refractivity contribution in [2.24, 2.45) is 0 Å². The number of rotatable bonds is 3. The predicted octanol–water partition coefficient (Wildman–Crippen LogP) is 4.00. The van der Waals surface area contributed by atoms with E-state index in [0.717, 1.165) is 27.7 Å². The Kier molecular flexibility index (Phi) is 3.42. The molecule has 0 saturated carbocycles. The molecule has 3 aromatic rings. The lowest BCUT2D eigenvalue weighted by Gasteiger charge is -2.08. The van der Waals surface area contributed by atoms with E-state index in [1.54, 1.807) is 6.20 Å². The van der Waals surface area contributed by atoms with Gasteiger partial charge in [0.25, 0.3) is 0 Å². The van der Waals surface area contributed by atoms with Crippen molar-refractivity contribution in [3.8, 4) is 0 Å². The first-order valence-corrected chi connectivity index (χ1v) is 6.80. The van der Waals surface area contributed by atoms with Gasteiger partial charge in [0.15, 0.2) is 0 Å². The standard InChI is InChI=1S/C15H12BrN3/c16-15-14(4-2-8-18-15)19-10-11-5-6-13-12(9-11)3-1-7-17-13/h1-9,19H,10H2. The number of aromatic nitrogens is 2. The highest BCUT2D eigenvalue weighted by Gasteiger charge is 2.00. The molecular formula is C15H12BrN3. The summed E-state index contributed by atoms with van der Waals surface area (Å²) in [5.41, 5.74) is 3.24. The molecule has 1 N–H and O–H groups in total. The van der Waals surface area contributed by atoms with Crippen LogP contribution in [0.2, 0.25) is 0 Å². The van der Waals surface area contributed by atoms with Crippen molar-refractivity contribution < 1.29 is 0 Å². The highest BCUT2D eigenvalue weighted by Crippen LogP contribution is 2.20. The second kappa shape index (κ2) is 5.36. The number of anilines is 1. The number of benzene rings is 1. The molecule has 2 aromatic heterocycles.